The summed E-state index contributed by atoms with van der Waals surface area (Å²) < 4.78 is 2.30. The molecule has 0 unspecified atom stereocenters. The van der Waals surface area contributed by atoms with Crippen molar-refractivity contribution in [3.8, 4) is 0 Å². The minimum absolute atomic E-state index is 0.0573. The summed E-state index contributed by atoms with van der Waals surface area (Å²) in [6.45, 7) is 3.75. The molecule has 0 saturated carbocycles. The molecule has 0 radical (unpaired) electrons. The number of hydrogen-bond acceptors (Lipinski definition) is 4. The van der Waals surface area contributed by atoms with Gasteiger partial charge in [-0.3, -0.25) is 0 Å². The van der Waals surface area contributed by atoms with Gasteiger partial charge in [0.1, 0.15) is 0 Å². The third-order valence-corrected chi connectivity index (χ3v) is 3.70. The van der Waals surface area contributed by atoms with Crippen LogP contribution in [0.15, 0.2) is 6.07 Å². The van der Waals surface area contributed by atoms with Crippen LogP contribution in [0.5, 0.6) is 0 Å². The van der Waals surface area contributed by atoms with Gasteiger partial charge >= 0.3 is 104 Å². The Hall–Kier alpha value is -1.05. The van der Waals surface area contributed by atoms with E-state index in [1.165, 1.54) is 0 Å². The zero-order valence-electron chi connectivity index (χ0n) is 9.36. The second-order valence-corrected chi connectivity index (χ2v) is 5.80. The Balaban J connectivity index is 2.55. The molecule has 0 atom stereocenters. The van der Waals surface area contributed by atoms with Gasteiger partial charge in [0.15, 0.2) is 0 Å². The first-order valence-corrected chi connectivity index (χ1v) is 8.48. The Labute approximate surface area is 104 Å². The zero-order valence-corrected chi connectivity index (χ0v) is 11.5. The average molecular weight is 331 g/mol. The van der Waals surface area contributed by atoms with E-state index in [9.17, 15) is 4.79 Å². The van der Waals surface area contributed by atoms with Crippen molar-refractivity contribution >= 4 is 11.4 Å². The molecule has 0 aromatic carbocycles. The van der Waals surface area contributed by atoms with E-state index in [0.29, 0.717) is 15.8 Å². The van der Waals surface area contributed by atoms with Gasteiger partial charge in [-0.15, -0.1) is 0 Å². The van der Waals surface area contributed by atoms with E-state index in [1.54, 1.807) is 4.52 Å². The first-order chi connectivity index (χ1) is 7.63. The summed E-state index contributed by atoms with van der Waals surface area (Å²) in [5.41, 5.74) is 2.81. The molecule has 0 aliphatic carbocycles. The molecule has 2 rings (SSSR count). The van der Waals surface area contributed by atoms with E-state index >= 15 is 0 Å². The summed E-state index contributed by atoms with van der Waals surface area (Å²) in [5.74, 6) is 0.0790. The van der Waals surface area contributed by atoms with Crippen LogP contribution in [-0.2, 0) is 0 Å². The van der Waals surface area contributed by atoms with Crippen molar-refractivity contribution in [1.82, 2.24) is 19.8 Å². The first-order valence-electron chi connectivity index (χ1n) is 4.80. The van der Waals surface area contributed by atoms with E-state index in [4.69, 9.17) is 0 Å². The number of Topliss-reactive ketones (excluding diaryl/α,β-unsaturated/α-hetero) is 1. The van der Waals surface area contributed by atoms with Crippen LogP contribution in [0.4, 0.5) is 0 Å². The molecule has 2 aromatic rings. The van der Waals surface area contributed by atoms with Gasteiger partial charge in [0.2, 0.25) is 0 Å². The monoisotopic (exact) mass is 331 g/mol. The normalized spacial score (nSPS) is 11.2. The maximum atomic E-state index is 11.8. The molecule has 0 spiro atoms. The quantitative estimate of drug-likeness (QED) is 0.359. The van der Waals surface area contributed by atoms with E-state index in [-0.39, 0.29) is 27.0 Å². The molecule has 0 aliphatic rings. The Morgan fingerprint density at radius 3 is 2.88 bits per heavy atom. The van der Waals surface area contributed by atoms with Crippen LogP contribution in [0.1, 0.15) is 21.9 Å². The Morgan fingerprint density at radius 1 is 1.44 bits per heavy atom. The summed E-state index contributed by atoms with van der Waals surface area (Å²) in [4.78, 5) is 13.9. The van der Waals surface area contributed by atoms with Crippen LogP contribution in [0.2, 0.25) is 0 Å². The van der Waals surface area contributed by atoms with E-state index in [2.05, 4.69) is 20.2 Å². The number of aryl methyl sites for hydroxylation is 2. The molecule has 0 fully saturated rings. The number of rotatable bonds is 3. The van der Waals surface area contributed by atoms with Crippen molar-refractivity contribution in [2.24, 2.45) is 0 Å². The topological polar surface area (TPSA) is 60.2 Å². The molecular formula is C10H12IN4O-. The van der Waals surface area contributed by atoms with Crippen molar-refractivity contribution in [1.29, 1.82) is 0 Å². The SMILES string of the molecule is C[I-]CC(=O)c1nnc2cc(C)nn2c1C. The molecule has 0 bridgehead atoms. The molecule has 16 heavy (non-hydrogen) atoms. The Bertz CT molecular complexity index is 549. The van der Waals surface area contributed by atoms with Gasteiger partial charge in [0, 0.05) is 0 Å². The molecule has 0 aliphatic heterocycles. The number of halogens is 1. The van der Waals surface area contributed by atoms with Crippen molar-refractivity contribution in [3.63, 3.8) is 0 Å². The summed E-state index contributed by atoms with van der Waals surface area (Å²) in [7, 11) is 0. The van der Waals surface area contributed by atoms with Crippen LogP contribution in [-0.4, -0.2) is 35.0 Å². The van der Waals surface area contributed by atoms with Crippen molar-refractivity contribution in [2.45, 2.75) is 13.8 Å². The fourth-order valence-corrected chi connectivity index (χ4v) is 2.57. The van der Waals surface area contributed by atoms with Gasteiger partial charge in [-0.1, -0.05) is 0 Å². The average Bonchev–Trinajstić information content (AvgIpc) is 2.60. The van der Waals surface area contributed by atoms with Gasteiger partial charge in [-0.05, 0) is 0 Å². The van der Waals surface area contributed by atoms with Crippen LogP contribution in [0, 0.1) is 13.8 Å². The molecular weight excluding hydrogens is 319 g/mol. The number of hydrogen-bond donors (Lipinski definition) is 0. The molecule has 86 valence electrons. The first kappa shape index (κ1) is 11.4. The van der Waals surface area contributed by atoms with Gasteiger partial charge in [0.05, 0.1) is 0 Å². The second-order valence-electron chi connectivity index (χ2n) is 3.51. The van der Waals surface area contributed by atoms with E-state index in [0.717, 1.165) is 11.4 Å². The summed E-state index contributed by atoms with van der Waals surface area (Å²) in [6, 6.07) is 1.85. The number of fused-ring (bicyclic) bond motifs is 1. The van der Waals surface area contributed by atoms with E-state index < -0.39 is 0 Å². The molecule has 2 heterocycles. The van der Waals surface area contributed by atoms with Crippen LogP contribution in [0.25, 0.3) is 5.65 Å². The number of aromatic nitrogens is 4. The number of carbonyl (C=O) groups is 1. The zero-order chi connectivity index (χ0) is 11.7. The van der Waals surface area contributed by atoms with Gasteiger partial charge in [0.25, 0.3) is 0 Å². The Kier molecular flexibility index (Phi) is 3.17. The standard InChI is InChI=1S/C10H12IN4O/c1-6-4-9-12-13-10(8(16)5-11-3)7(2)15(9)14-6/h4H,5H2,1-3H3/q-1. The van der Waals surface area contributed by atoms with Gasteiger partial charge in [-0.25, -0.2) is 0 Å². The minimum atomic E-state index is -0.0573. The summed E-state index contributed by atoms with van der Waals surface area (Å²) in [5, 5.41) is 12.3. The molecule has 0 saturated heterocycles. The number of ketones is 1. The molecule has 0 N–H and O–H groups in total. The van der Waals surface area contributed by atoms with Crippen molar-refractivity contribution < 1.29 is 26.0 Å². The summed E-state index contributed by atoms with van der Waals surface area (Å²) in [6.07, 6.45) is 0. The van der Waals surface area contributed by atoms with E-state index in [1.807, 2.05) is 19.9 Å². The molecule has 2 aromatic heterocycles. The fraction of sp³-hybridized carbons (Fsp3) is 0.400. The number of carbonyl (C=O) groups excluding carboxylic acids is 1. The predicted molar refractivity (Wildman–Crippen MR) is 55.4 cm³/mol. The molecule has 5 nitrogen and oxygen atoms in total. The fourth-order valence-electron chi connectivity index (χ4n) is 1.52. The summed E-state index contributed by atoms with van der Waals surface area (Å²) >= 11 is -0.0573. The Morgan fingerprint density at radius 2 is 2.19 bits per heavy atom. The van der Waals surface area contributed by atoms with Gasteiger partial charge < -0.3 is 0 Å². The van der Waals surface area contributed by atoms with Crippen LogP contribution < -0.4 is 21.2 Å². The third-order valence-electron chi connectivity index (χ3n) is 2.24. The van der Waals surface area contributed by atoms with Crippen LogP contribution >= 0.6 is 0 Å². The number of nitrogens with zero attached hydrogens (tertiary/aromatic N) is 4. The maximum absolute atomic E-state index is 11.8. The predicted octanol–water partition coefficient (Wildman–Crippen LogP) is -2.36. The number of alkyl halides is 2. The van der Waals surface area contributed by atoms with Gasteiger partial charge in [-0.2, -0.15) is 0 Å². The second kappa shape index (κ2) is 4.44. The van der Waals surface area contributed by atoms with Crippen molar-refractivity contribution in [2.75, 3.05) is 9.36 Å². The third kappa shape index (κ3) is 1.93. The van der Waals surface area contributed by atoms with Crippen LogP contribution in [0.3, 0.4) is 0 Å². The molecule has 0 amide bonds. The van der Waals surface area contributed by atoms with Crippen molar-refractivity contribution in [3.05, 3.63) is 23.1 Å². The molecule has 6 heteroatoms.